The Hall–Kier alpha value is -2.41. The number of nitrogens with zero attached hydrogens (tertiary/aromatic N) is 3. The lowest BCUT2D eigenvalue weighted by Crippen LogP contribution is -2.42. The number of aliphatic imine (C=N–C) groups is 1. The van der Waals surface area contributed by atoms with E-state index in [1.54, 1.807) is 0 Å². The summed E-state index contributed by atoms with van der Waals surface area (Å²) in [6.07, 6.45) is 1.14. The van der Waals surface area contributed by atoms with Crippen LogP contribution < -0.4 is 10.6 Å². The SMILES string of the molecule is CCNC(=NCc1ccccc1CN1CCOCC1)NCCN1CCc2ccccc2C1. The van der Waals surface area contributed by atoms with Crippen molar-refractivity contribution in [1.82, 2.24) is 20.4 Å². The highest BCUT2D eigenvalue weighted by Crippen LogP contribution is 2.18. The fourth-order valence-electron chi connectivity index (χ4n) is 4.45. The quantitative estimate of drug-likeness (QED) is 0.493. The maximum Gasteiger partial charge on any atom is 0.191 e. The van der Waals surface area contributed by atoms with Crippen molar-refractivity contribution >= 4 is 5.96 Å². The smallest absolute Gasteiger partial charge is 0.191 e. The van der Waals surface area contributed by atoms with E-state index in [0.717, 1.165) is 78.0 Å². The van der Waals surface area contributed by atoms with Crippen molar-refractivity contribution in [2.75, 3.05) is 52.5 Å². The van der Waals surface area contributed by atoms with Crippen LogP contribution in [0.3, 0.4) is 0 Å². The van der Waals surface area contributed by atoms with Crippen LogP contribution in [0.15, 0.2) is 53.5 Å². The molecule has 2 aromatic carbocycles. The standard InChI is InChI=1S/C26H37N5O/c1-2-27-26(28-12-14-30-13-11-22-7-3-5-9-24(22)20-30)29-19-23-8-4-6-10-25(23)21-31-15-17-32-18-16-31/h3-10H,2,11-21H2,1H3,(H2,27,28,29). The van der Waals surface area contributed by atoms with Gasteiger partial charge in [0.2, 0.25) is 0 Å². The van der Waals surface area contributed by atoms with Crippen molar-refractivity contribution in [3.8, 4) is 0 Å². The van der Waals surface area contributed by atoms with Gasteiger partial charge in [-0.2, -0.15) is 0 Å². The largest absolute Gasteiger partial charge is 0.379 e. The van der Waals surface area contributed by atoms with Crippen molar-refractivity contribution in [2.45, 2.75) is 33.0 Å². The maximum atomic E-state index is 5.49. The van der Waals surface area contributed by atoms with E-state index in [9.17, 15) is 0 Å². The molecular weight excluding hydrogens is 398 g/mol. The summed E-state index contributed by atoms with van der Waals surface area (Å²) in [4.78, 5) is 9.88. The maximum absolute atomic E-state index is 5.49. The second-order valence-corrected chi connectivity index (χ2v) is 8.57. The first kappa shape index (κ1) is 22.8. The summed E-state index contributed by atoms with van der Waals surface area (Å²) in [7, 11) is 0. The minimum absolute atomic E-state index is 0.687. The third kappa shape index (κ3) is 6.55. The summed E-state index contributed by atoms with van der Waals surface area (Å²) in [5.41, 5.74) is 5.63. The van der Waals surface area contributed by atoms with Crippen LogP contribution in [0.25, 0.3) is 0 Å². The topological polar surface area (TPSA) is 52.1 Å². The molecule has 2 N–H and O–H groups in total. The van der Waals surface area contributed by atoms with Gasteiger partial charge in [-0.3, -0.25) is 9.80 Å². The number of fused-ring (bicyclic) bond motifs is 1. The third-order valence-corrected chi connectivity index (χ3v) is 6.30. The minimum atomic E-state index is 0.687. The molecule has 2 aliphatic rings. The zero-order valence-corrected chi connectivity index (χ0v) is 19.4. The molecule has 0 atom stereocenters. The van der Waals surface area contributed by atoms with E-state index >= 15 is 0 Å². The predicted molar refractivity (Wildman–Crippen MR) is 131 cm³/mol. The summed E-state index contributed by atoms with van der Waals surface area (Å²) in [5, 5.41) is 6.93. The van der Waals surface area contributed by atoms with E-state index in [0.29, 0.717) is 6.54 Å². The molecule has 6 heteroatoms. The predicted octanol–water partition coefficient (Wildman–Crippen LogP) is 2.63. The van der Waals surface area contributed by atoms with Crippen LogP contribution in [0, 0.1) is 0 Å². The molecule has 2 aromatic rings. The van der Waals surface area contributed by atoms with Gasteiger partial charge in [0.25, 0.3) is 0 Å². The van der Waals surface area contributed by atoms with E-state index in [1.807, 2.05) is 0 Å². The van der Waals surface area contributed by atoms with Crippen molar-refractivity contribution in [3.63, 3.8) is 0 Å². The molecule has 0 aromatic heterocycles. The Morgan fingerprint density at radius 1 is 0.906 bits per heavy atom. The first-order valence-corrected chi connectivity index (χ1v) is 12.0. The Morgan fingerprint density at radius 3 is 2.47 bits per heavy atom. The number of ether oxygens (including phenoxy) is 1. The summed E-state index contributed by atoms with van der Waals surface area (Å²) >= 11 is 0. The molecule has 0 aliphatic carbocycles. The monoisotopic (exact) mass is 435 g/mol. The summed E-state index contributed by atoms with van der Waals surface area (Å²) < 4.78 is 5.49. The summed E-state index contributed by atoms with van der Waals surface area (Å²) in [6.45, 7) is 12.4. The highest BCUT2D eigenvalue weighted by atomic mass is 16.5. The molecule has 0 saturated carbocycles. The number of guanidine groups is 1. The van der Waals surface area contributed by atoms with E-state index < -0.39 is 0 Å². The fourth-order valence-corrected chi connectivity index (χ4v) is 4.45. The minimum Gasteiger partial charge on any atom is -0.379 e. The normalized spacial score (nSPS) is 17.7. The molecule has 32 heavy (non-hydrogen) atoms. The molecule has 0 radical (unpaired) electrons. The molecular formula is C26H37N5O. The van der Waals surface area contributed by atoms with Crippen LogP contribution in [0.4, 0.5) is 0 Å². The number of morpholine rings is 1. The van der Waals surface area contributed by atoms with Gasteiger partial charge < -0.3 is 15.4 Å². The Balaban J connectivity index is 1.30. The molecule has 0 bridgehead atoms. The zero-order valence-electron chi connectivity index (χ0n) is 19.4. The Kier molecular flexibility index (Phi) is 8.54. The molecule has 172 valence electrons. The zero-order chi connectivity index (χ0) is 22.0. The lowest BCUT2D eigenvalue weighted by atomic mass is 10.00. The molecule has 1 saturated heterocycles. The van der Waals surface area contributed by atoms with Gasteiger partial charge in [-0.1, -0.05) is 48.5 Å². The van der Waals surface area contributed by atoms with Crippen LogP contribution in [-0.4, -0.2) is 68.2 Å². The summed E-state index contributed by atoms with van der Waals surface area (Å²) in [5.74, 6) is 0.895. The van der Waals surface area contributed by atoms with Gasteiger partial charge >= 0.3 is 0 Å². The molecule has 6 nitrogen and oxygen atoms in total. The molecule has 0 spiro atoms. The number of rotatable bonds is 8. The van der Waals surface area contributed by atoms with Crippen LogP contribution in [-0.2, 0) is 30.8 Å². The van der Waals surface area contributed by atoms with Crippen LogP contribution in [0.5, 0.6) is 0 Å². The second-order valence-electron chi connectivity index (χ2n) is 8.57. The molecule has 2 heterocycles. The van der Waals surface area contributed by atoms with Crippen LogP contribution in [0.1, 0.15) is 29.2 Å². The second kappa shape index (κ2) is 12.0. The lowest BCUT2D eigenvalue weighted by Gasteiger charge is -2.29. The van der Waals surface area contributed by atoms with Gasteiger partial charge in [0.1, 0.15) is 0 Å². The van der Waals surface area contributed by atoms with Crippen molar-refractivity contribution in [3.05, 3.63) is 70.8 Å². The third-order valence-electron chi connectivity index (χ3n) is 6.30. The van der Waals surface area contributed by atoms with Crippen LogP contribution in [0.2, 0.25) is 0 Å². The first-order chi connectivity index (χ1) is 15.8. The van der Waals surface area contributed by atoms with Gasteiger partial charge in [-0.25, -0.2) is 4.99 Å². The highest BCUT2D eigenvalue weighted by Gasteiger charge is 2.15. The van der Waals surface area contributed by atoms with Crippen LogP contribution >= 0.6 is 0 Å². The number of hydrogen-bond acceptors (Lipinski definition) is 4. The Labute approximate surface area is 192 Å². The van der Waals surface area contributed by atoms with Crippen molar-refractivity contribution in [1.29, 1.82) is 0 Å². The van der Waals surface area contributed by atoms with E-state index in [-0.39, 0.29) is 0 Å². The van der Waals surface area contributed by atoms with E-state index in [1.165, 1.54) is 22.3 Å². The number of benzene rings is 2. The van der Waals surface area contributed by atoms with E-state index in [4.69, 9.17) is 9.73 Å². The lowest BCUT2D eigenvalue weighted by molar-refractivity contribution is 0.0341. The van der Waals surface area contributed by atoms with Gasteiger partial charge in [0.15, 0.2) is 5.96 Å². The van der Waals surface area contributed by atoms with Crippen molar-refractivity contribution in [2.24, 2.45) is 4.99 Å². The molecule has 0 unspecified atom stereocenters. The average molecular weight is 436 g/mol. The van der Waals surface area contributed by atoms with Gasteiger partial charge in [-0.05, 0) is 35.6 Å². The van der Waals surface area contributed by atoms with E-state index in [2.05, 4.69) is 75.9 Å². The number of nitrogens with one attached hydrogen (secondary N) is 2. The molecule has 0 amide bonds. The van der Waals surface area contributed by atoms with Gasteiger partial charge in [0.05, 0.1) is 19.8 Å². The molecule has 4 rings (SSSR count). The number of hydrogen-bond donors (Lipinski definition) is 2. The fraction of sp³-hybridized carbons (Fsp3) is 0.500. The van der Waals surface area contributed by atoms with Crippen molar-refractivity contribution < 1.29 is 4.74 Å². The summed E-state index contributed by atoms with van der Waals surface area (Å²) in [6, 6.07) is 17.5. The highest BCUT2D eigenvalue weighted by molar-refractivity contribution is 5.79. The average Bonchev–Trinajstić information content (AvgIpc) is 2.84. The Morgan fingerprint density at radius 2 is 1.66 bits per heavy atom. The first-order valence-electron chi connectivity index (χ1n) is 12.0. The molecule has 2 aliphatic heterocycles. The Bertz CT molecular complexity index is 878. The van der Waals surface area contributed by atoms with Gasteiger partial charge in [-0.15, -0.1) is 0 Å². The van der Waals surface area contributed by atoms with Gasteiger partial charge in [0, 0.05) is 52.4 Å². The molecule has 1 fully saturated rings.